The van der Waals surface area contributed by atoms with Crippen LogP contribution in [-0.4, -0.2) is 48.6 Å². The predicted molar refractivity (Wildman–Crippen MR) is 176 cm³/mol. The number of aliphatic hydroxyl groups is 2. The van der Waals surface area contributed by atoms with Crippen molar-refractivity contribution in [2.75, 3.05) is 26.4 Å². The molecule has 0 fully saturated rings. The highest BCUT2D eigenvalue weighted by molar-refractivity contribution is 5.88. The molecule has 0 heterocycles. The van der Waals surface area contributed by atoms with E-state index in [2.05, 4.69) is 94.6 Å². The second kappa shape index (κ2) is 17.3. The van der Waals surface area contributed by atoms with Gasteiger partial charge in [0.05, 0.1) is 37.6 Å². The summed E-state index contributed by atoms with van der Waals surface area (Å²) < 4.78 is 10.6. The Bertz CT molecular complexity index is 1400. The minimum atomic E-state index is -0.621. The molecule has 0 saturated carbocycles. The number of rotatable bonds is 17. The first-order valence-electron chi connectivity index (χ1n) is 15.4. The summed E-state index contributed by atoms with van der Waals surface area (Å²) in [7, 11) is 0. The van der Waals surface area contributed by atoms with E-state index >= 15 is 0 Å². The van der Waals surface area contributed by atoms with Gasteiger partial charge < -0.3 is 19.7 Å². The van der Waals surface area contributed by atoms with Gasteiger partial charge in [-0.05, 0) is 89.5 Å². The molecule has 0 saturated heterocycles. The van der Waals surface area contributed by atoms with Crippen LogP contribution < -0.4 is 0 Å². The monoisotopic (exact) mass is 598 g/mol. The third-order valence-corrected chi connectivity index (χ3v) is 7.89. The van der Waals surface area contributed by atoms with Crippen LogP contribution in [0.15, 0.2) is 85.0 Å². The Kier molecular flexibility index (Phi) is 13.6. The van der Waals surface area contributed by atoms with E-state index in [0.717, 1.165) is 24.8 Å². The maximum Gasteiger partial charge on any atom is 0.335 e. The zero-order chi connectivity index (χ0) is 32.1. The van der Waals surface area contributed by atoms with E-state index < -0.39 is 25.2 Å². The number of hydrogen-bond donors (Lipinski definition) is 2. The zero-order valence-electron chi connectivity index (χ0n) is 26.4. The van der Waals surface area contributed by atoms with Crippen molar-refractivity contribution in [2.45, 2.75) is 59.3 Å². The number of hydrogen-bond acceptors (Lipinski definition) is 6. The first-order chi connectivity index (χ1) is 21.2. The van der Waals surface area contributed by atoms with E-state index in [0.29, 0.717) is 19.3 Å². The second-order valence-corrected chi connectivity index (χ2v) is 11.3. The van der Waals surface area contributed by atoms with Crippen molar-refractivity contribution in [2.24, 2.45) is 5.92 Å². The molecule has 0 aromatic heterocycles. The minimum Gasteiger partial charge on any atom is -0.462 e. The van der Waals surface area contributed by atoms with E-state index in [1.54, 1.807) is 0 Å². The van der Waals surface area contributed by atoms with Gasteiger partial charge in [-0.15, -0.1) is 0 Å². The number of aryl methyl sites for hydroxylation is 3. The summed E-state index contributed by atoms with van der Waals surface area (Å²) >= 11 is 0. The number of carbonyl (C=O) groups excluding carboxylic acids is 2. The minimum absolute atomic E-state index is 0.00863. The maximum atomic E-state index is 12.0. The Labute approximate surface area is 262 Å². The maximum absolute atomic E-state index is 12.0. The molecule has 3 aromatic rings. The molecule has 3 aromatic carbocycles. The van der Waals surface area contributed by atoms with Gasteiger partial charge in [0.2, 0.25) is 0 Å². The standard InChI is InChI=1S/C38H46O6/c1-6-8-29-9-12-33(13-10-29)35-16-14-34(21-26(35)3)36-15-11-31(23-32(36)7-2)22-30(17-19-43-37(41)27(4)24-39)18-20-44-38(42)28(5)25-40/h9-16,21,23,30,39-40H,4-8,17-20,22,24-25H2,1-3H3. The summed E-state index contributed by atoms with van der Waals surface area (Å²) in [6, 6.07) is 22.1. The molecule has 3 rings (SSSR count). The molecule has 44 heavy (non-hydrogen) atoms. The highest BCUT2D eigenvalue weighted by atomic mass is 16.5. The molecule has 0 unspecified atom stereocenters. The molecule has 0 radical (unpaired) electrons. The molecule has 0 aliphatic rings. The normalized spacial score (nSPS) is 11.0. The summed E-state index contributed by atoms with van der Waals surface area (Å²) in [5, 5.41) is 18.3. The Balaban J connectivity index is 1.76. The largest absolute Gasteiger partial charge is 0.462 e. The van der Waals surface area contributed by atoms with Crippen molar-refractivity contribution in [3.05, 3.63) is 107 Å². The van der Waals surface area contributed by atoms with Crippen molar-refractivity contribution in [1.82, 2.24) is 0 Å². The fraction of sp³-hybridized carbons (Fsp3) is 0.368. The van der Waals surface area contributed by atoms with Gasteiger partial charge in [-0.1, -0.05) is 94.1 Å². The number of benzene rings is 3. The molecule has 6 heteroatoms. The van der Waals surface area contributed by atoms with Gasteiger partial charge in [0.15, 0.2) is 0 Å². The molecule has 0 atom stereocenters. The van der Waals surface area contributed by atoms with Crippen LogP contribution >= 0.6 is 0 Å². The molecule has 234 valence electrons. The van der Waals surface area contributed by atoms with Crippen LogP contribution in [0.25, 0.3) is 22.3 Å². The summed E-state index contributed by atoms with van der Waals surface area (Å²) in [6.07, 6.45) is 4.90. The van der Waals surface area contributed by atoms with Crippen LogP contribution in [0, 0.1) is 12.8 Å². The van der Waals surface area contributed by atoms with E-state index in [-0.39, 0.29) is 30.3 Å². The zero-order valence-corrected chi connectivity index (χ0v) is 26.4. The van der Waals surface area contributed by atoms with Crippen LogP contribution in [0.5, 0.6) is 0 Å². The van der Waals surface area contributed by atoms with Gasteiger partial charge in [0.1, 0.15) is 0 Å². The topological polar surface area (TPSA) is 93.1 Å². The molecule has 2 N–H and O–H groups in total. The molecule has 0 amide bonds. The highest BCUT2D eigenvalue weighted by Gasteiger charge is 2.16. The predicted octanol–water partition coefficient (Wildman–Crippen LogP) is 6.97. The number of ether oxygens (including phenoxy) is 2. The lowest BCUT2D eigenvalue weighted by molar-refractivity contribution is -0.139. The van der Waals surface area contributed by atoms with Crippen LogP contribution in [0.4, 0.5) is 0 Å². The van der Waals surface area contributed by atoms with Crippen molar-refractivity contribution < 1.29 is 29.3 Å². The fourth-order valence-corrected chi connectivity index (χ4v) is 5.29. The lowest BCUT2D eigenvalue weighted by Gasteiger charge is -2.19. The average molecular weight is 599 g/mol. The van der Waals surface area contributed by atoms with Crippen molar-refractivity contribution in [3.63, 3.8) is 0 Å². The van der Waals surface area contributed by atoms with Gasteiger partial charge in [-0.2, -0.15) is 0 Å². The summed E-state index contributed by atoms with van der Waals surface area (Å²) in [4.78, 5) is 23.9. The van der Waals surface area contributed by atoms with Crippen LogP contribution in [0.2, 0.25) is 0 Å². The Morgan fingerprint density at radius 2 is 1.30 bits per heavy atom. The lowest BCUT2D eigenvalue weighted by Crippen LogP contribution is -2.17. The summed E-state index contributed by atoms with van der Waals surface area (Å²) in [6.45, 7) is 12.9. The lowest BCUT2D eigenvalue weighted by atomic mass is 9.88. The Morgan fingerprint density at radius 3 is 1.82 bits per heavy atom. The van der Waals surface area contributed by atoms with E-state index in [9.17, 15) is 9.59 Å². The highest BCUT2D eigenvalue weighted by Crippen LogP contribution is 2.32. The molecule has 0 bridgehead atoms. The van der Waals surface area contributed by atoms with E-state index in [4.69, 9.17) is 19.7 Å². The van der Waals surface area contributed by atoms with Gasteiger partial charge >= 0.3 is 11.9 Å². The third-order valence-electron chi connectivity index (χ3n) is 7.89. The molecule has 0 aliphatic heterocycles. The SMILES string of the molecule is C=C(CO)C(=O)OCCC(CCOC(=O)C(=C)CO)Cc1ccc(-c2ccc(-c3ccc(CCC)cc3)c(C)c2)c(CC)c1. The number of aliphatic hydroxyl groups excluding tert-OH is 2. The molecule has 6 nitrogen and oxygen atoms in total. The third kappa shape index (κ3) is 9.76. The van der Waals surface area contributed by atoms with Gasteiger partial charge in [-0.3, -0.25) is 0 Å². The summed E-state index contributed by atoms with van der Waals surface area (Å²) in [5.74, 6) is -1.19. The molecular weight excluding hydrogens is 552 g/mol. The molecule has 0 aliphatic carbocycles. The molecular formula is C38H46O6. The van der Waals surface area contributed by atoms with Gasteiger partial charge in [0.25, 0.3) is 0 Å². The quantitative estimate of drug-likeness (QED) is 0.129. The second-order valence-electron chi connectivity index (χ2n) is 11.3. The first kappa shape index (κ1) is 34.5. The van der Waals surface area contributed by atoms with Gasteiger partial charge in [-0.25, -0.2) is 9.59 Å². The van der Waals surface area contributed by atoms with Crippen LogP contribution in [-0.2, 0) is 38.3 Å². The van der Waals surface area contributed by atoms with Crippen molar-refractivity contribution in [3.8, 4) is 22.3 Å². The fourth-order valence-electron chi connectivity index (χ4n) is 5.29. The number of esters is 2. The molecule has 0 spiro atoms. The van der Waals surface area contributed by atoms with Crippen LogP contribution in [0.3, 0.4) is 0 Å². The van der Waals surface area contributed by atoms with Crippen molar-refractivity contribution in [1.29, 1.82) is 0 Å². The Morgan fingerprint density at radius 1 is 0.750 bits per heavy atom. The first-order valence-corrected chi connectivity index (χ1v) is 15.4. The van der Waals surface area contributed by atoms with Crippen molar-refractivity contribution >= 4 is 11.9 Å². The van der Waals surface area contributed by atoms with Crippen LogP contribution in [0.1, 0.15) is 55.4 Å². The smallest absolute Gasteiger partial charge is 0.335 e. The Hall–Kier alpha value is -4.00. The van der Waals surface area contributed by atoms with E-state index in [1.807, 2.05) is 0 Å². The van der Waals surface area contributed by atoms with Gasteiger partial charge in [0, 0.05) is 0 Å². The number of carbonyl (C=O) groups is 2. The summed E-state index contributed by atoms with van der Waals surface area (Å²) in [5.41, 5.74) is 9.85. The average Bonchev–Trinajstić information content (AvgIpc) is 3.04. The van der Waals surface area contributed by atoms with E-state index in [1.165, 1.54) is 38.9 Å².